The van der Waals surface area contributed by atoms with Crippen molar-refractivity contribution in [2.45, 2.75) is 4.34 Å². The fourth-order valence-corrected chi connectivity index (χ4v) is 5.16. The van der Waals surface area contributed by atoms with Crippen LogP contribution in [0.25, 0.3) is 21.0 Å². The molecule has 0 aliphatic carbocycles. The molecule has 1 aliphatic heterocycles. The highest BCUT2D eigenvalue weighted by molar-refractivity contribution is 8.01. The van der Waals surface area contributed by atoms with Crippen LogP contribution in [0.4, 0.5) is 5.69 Å². The normalized spacial score (nSPS) is 13.3. The molecule has 0 bridgehead atoms. The molecule has 116 valence electrons. The number of hydrogen-bond donors (Lipinski definition) is 0. The second-order valence-electron chi connectivity index (χ2n) is 5.63. The summed E-state index contributed by atoms with van der Waals surface area (Å²) in [5, 5.41) is 2.18. The van der Waals surface area contributed by atoms with Crippen LogP contribution in [0.3, 0.4) is 0 Å². The molecular formula is C19H12N2OS2. The van der Waals surface area contributed by atoms with E-state index in [9.17, 15) is 4.79 Å². The van der Waals surface area contributed by atoms with Crippen molar-refractivity contribution in [3.8, 4) is 0 Å². The number of carbonyl (C=O) groups excluding carboxylic acids is 1. The number of thiazole rings is 1. The van der Waals surface area contributed by atoms with Crippen molar-refractivity contribution >= 4 is 55.7 Å². The SMILES string of the molecule is O=C1c2cccc3cccc(c23)N1CSc1nc2ccccc2s1. The van der Waals surface area contributed by atoms with Crippen LogP contribution in [0, 0.1) is 0 Å². The second kappa shape index (κ2) is 5.33. The van der Waals surface area contributed by atoms with Crippen LogP contribution in [-0.4, -0.2) is 16.8 Å². The number of benzene rings is 3. The van der Waals surface area contributed by atoms with Crippen molar-refractivity contribution in [2.75, 3.05) is 10.8 Å². The number of nitrogens with zero attached hydrogens (tertiary/aromatic N) is 2. The quantitative estimate of drug-likeness (QED) is 0.480. The van der Waals surface area contributed by atoms with E-state index in [1.807, 2.05) is 47.4 Å². The van der Waals surface area contributed by atoms with Gasteiger partial charge in [0.1, 0.15) is 0 Å². The third-order valence-corrected chi connectivity index (χ3v) is 6.40. The first-order valence-corrected chi connectivity index (χ1v) is 9.43. The smallest absolute Gasteiger partial charge is 0.259 e. The van der Waals surface area contributed by atoms with Crippen LogP contribution in [0.2, 0.25) is 0 Å². The number of rotatable bonds is 3. The summed E-state index contributed by atoms with van der Waals surface area (Å²) in [6, 6.07) is 20.1. The molecule has 2 heterocycles. The summed E-state index contributed by atoms with van der Waals surface area (Å²) in [7, 11) is 0. The number of anilines is 1. The molecule has 3 nitrogen and oxygen atoms in total. The van der Waals surface area contributed by atoms with Gasteiger partial charge >= 0.3 is 0 Å². The van der Waals surface area contributed by atoms with Crippen LogP contribution < -0.4 is 4.90 Å². The zero-order valence-corrected chi connectivity index (χ0v) is 14.2. The van der Waals surface area contributed by atoms with Gasteiger partial charge in [-0.1, -0.05) is 48.2 Å². The largest absolute Gasteiger partial charge is 0.298 e. The molecule has 0 saturated carbocycles. The van der Waals surface area contributed by atoms with Gasteiger partial charge in [-0.05, 0) is 29.7 Å². The van der Waals surface area contributed by atoms with E-state index in [2.05, 4.69) is 23.2 Å². The topological polar surface area (TPSA) is 33.2 Å². The molecule has 1 aromatic heterocycles. The maximum absolute atomic E-state index is 12.8. The first kappa shape index (κ1) is 14.0. The Hall–Kier alpha value is -2.37. The van der Waals surface area contributed by atoms with E-state index in [1.54, 1.807) is 23.1 Å². The molecule has 4 aromatic rings. The van der Waals surface area contributed by atoms with E-state index in [4.69, 9.17) is 0 Å². The van der Waals surface area contributed by atoms with Crippen molar-refractivity contribution in [1.82, 2.24) is 4.98 Å². The number of hydrogen-bond acceptors (Lipinski definition) is 4. The summed E-state index contributed by atoms with van der Waals surface area (Å²) < 4.78 is 2.17. The van der Waals surface area contributed by atoms with Crippen LogP contribution in [0.15, 0.2) is 65.0 Å². The van der Waals surface area contributed by atoms with E-state index >= 15 is 0 Å². The van der Waals surface area contributed by atoms with Crippen molar-refractivity contribution in [3.05, 3.63) is 66.2 Å². The Bertz CT molecular complexity index is 1060. The second-order valence-corrected chi connectivity index (χ2v) is 7.86. The lowest BCUT2D eigenvalue weighted by Gasteiger charge is -2.16. The predicted octanol–water partition coefficient (Wildman–Crippen LogP) is 5.16. The highest BCUT2D eigenvalue weighted by atomic mass is 32.2. The molecule has 0 spiro atoms. The summed E-state index contributed by atoms with van der Waals surface area (Å²) in [5.41, 5.74) is 2.82. The Balaban J connectivity index is 1.48. The summed E-state index contributed by atoms with van der Waals surface area (Å²) in [5.74, 6) is 0.655. The van der Waals surface area contributed by atoms with Gasteiger partial charge < -0.3 is 0 Å². The molecule has 0 N–H and O–H groups in total. The van der Waals surface area contributed by atoms with Gasteiger partial charge in [-0.25, -0.2) is 4.98 Å². The molecule has 24 heavy (non-hydrogen) atoms. The van der Waals surface area contributed by atoms with E-state index in [0.717, 1.165) is 31.9 Å². The Kier molecular flexibility index (Phi) is 3.11. The standard InChI is InChI=1S/C19H12N2OS2/c22-18-13-7-3-5-12-6-4-9-15(17(12)13)21(18)11-23-19-20-14-8-1-2-10-16(14)24-19/h1-10H,11H2. The molecule has 0 fully saturated rings. The fourth-order valence-electron chi connectivity index (χ4n) is 3.14. The third kappa shape index (κ3) is 2.05. The average Bonchev–Trinajstić information content (AvgIpc) is 3.15. The minimum atomic E-state index is 0.0791. The van der Waals surface area contributed by atoms with Crippen LogP contribution in [-0.2, 0) is 0 Å². The Morgan fingerprint density at radius 2 is 1.83 bits per heavy atom. The zero-order chi connectivity index (χ0) is 16.1. The summed E-state index contributed by atoms with van der Waals surface area (Å²) >= 11 is 3.29. The van der Waals surface area contributed by atoms with Gasteiger partial charge in [-0.2, -0.15) is 0 Å². The van der Waals surface area contributed by atoms with E-state index in [1.165, 1.54) is 4.70 Å². The van der Waals surface area contributed by atoms with E-state index < -0.39 is 0 Å². The first-order chi connectivity index (χ1) is 11.8. The number of amides is 1. The average molecular weight is 348 g/mol. The Morgan fingerprint density at radius 1 is 1.00 bits per heavy atom. The summed E-state index contributed by atoms with van der Waals surface area (Å²) in [6.07, 6.45) is 0. The first-order valence-electron chi connectivity index (χ1n) is 7.63. The maximum atomic E-state index is 12.8. The van der Waals surface area contributed by atoms with Gasteiger partial charge in [0.15, 0.2) is 4.34 Å². The van der Waals surface area contributed by atoms with E-state index in [-0.39, 0.29) is 5.91 Å². The summed E-state index contributed by atoms with van der Waals surface area (Å²) in [4.78, 5) is 19.3. The van der Waals surface area contributed by atoms with Crippen molar-refractivity contribution in [2.24, 2.45) is 0 Å². The lowest BCUT2D eigenvalue weighted by atomic mass is 10.1. The monoisotopic (exact) mass is 348 g/mol. The lowest BCUT2D eigenvalue weighted by Crippen LogP contribution is -2.25. The van der Waals surface area contributed by atoms with Gasteiger partial charge in [0, 0.05) is 10.9 Å². The molecular weight excluding hydrogens is 336 g/mol. The molecule has 5 rings (SSSR count). The van der Waals surface area contributed by atoms with E-state index in [0.29, 0.717) is 5.88 Å². The Labute approximate surface area is 146 Å². The van der Waals surface area contributed by atoms with Crippen molar-refractivity contribution in [3.63, 3.8) is 0 Å². The minimum Gasteiger partial charge on any atom is -0.298 e. The molecule has 0 radical (unpaired) electrons. The molecule has 0 unspecified atom stereocenters. The van der Waals surface area contributed by atoms with Gasteiger partial charge in [0.05, 0.1) is 21.8 Å². The molecule has 0 atom stereocenters. The molecule has 0 saturated heterocycles. The van der Waals surface area contributed by atoms with Crippen molar-refractivity contribution in [1.29, 1.82) is 0 Å². The predicted molar refractivity (Wildman–Crippen MR) is 101 cm³/mol. The third-order valence-electron chi connectivity index (χ3n) is 4.24. The number of para-hydroxylation sites is 1. The van der Waals surface area contributed by atoms with Crippen molar-refractivity contribution < 1.29 is 4.79 Å². The molecule has 5 heteroatoms. The number of aromatic nitrogens is 1. The summed E-state index contributed by atoms with van der Waals surface area (Å²) in [6.45, 7) is 0. The van der Waals surface area contributed by atoms with Gasteiger partial charge in [0.25, 0.3) is 5.91 Å². The van der Waals surface area contributed by atoms with Crippen LogP contribution >= 0.6 is 23.1 Å². The molecule has 1 amide bonds. The highest BCUT2D eigenvalue weighted by Crippen LogP contribution is 2.39. The minimum absolute atomic E-state index is 0.0791. The zero-order valence-electron chi connectivity index (χ0n) is 12.6. The van der Waals surface area contributed by atoms with Crippen LogP contribution in [0.5, 0.6) is 0 Å². The lowest BCUT2D eigenvalue weighted by molar-refractivity contribution is 0.0997. The van der Waals surface area contributed by atoms with Gasteiger partial charge in [-0.3, -0.25) is 9.69 Å². The molecule has 3 aromatic carbocycles. The molecule has 1 aliphatic rings. The fraction of sp³-hybridized carbons (Fsp3) is 0.0526. The number of fused-ring (bicyclic) bond motifs is 1. The number of thioether (sulfide) groups is 1. The highest BCUT2D eigenvalue weighted by Gasteiger charge is 2.29. The Morgan fingerprint density at radius 3 is 2.71 bits per heavy atom. The van der Waals surface area contributed by atoms with Gasteiger partial charge in [-0.15, -0.1) is 11.3 Å². The van der Waals surface area contributed by atoms with Crippen LogP contribution in [0.1, 0.15) is 10.4 Å². The maximum Gasteiger partial charge on any atom is 0.259 e. The number of carbonyl (C=O) groups is 1. The van der Waals surface area contributed by atoms with Gasteiger partial charge in [0.2, 0.25) is 0 Å².